The van der Waals surface area contributed by atoms with Crippen molar-refractivity contribution in [1.82, 2.24) is 19.5 Å². The molecule has 1 saturated heterocycles. The summed E-state index contributed by atoms with van der Waals surface area (Å²) < 4.78 is 7.69. The third kappa shape index (κ3) is 2.16. The fourth-order valence-corrected chi connectivity index (χ4v) is 2.68. The second-order valence-corrected chi connectivity index (χ2v) is 5.30. The second kappa shape index (κ2) is 4.81. The lowest BCUT2D eigenvalue weighted by Gasteiger charge is -2.16. The molecule has 0 saturated carbocycles. The Labute approximate surface area is 121 Å². The monoisotopic (exact) mass is 377 g/mol. The van der Waals surface area contributed by atoms with Gasteiger partial charge in [-0.2, -0.15) is 0 Å². The van der Waals surface area contributed by atoms with Crippen LogP contribution in [0.4, 0.5) is 5.82 Å². The van der Waals surface area contributed by atoms with E-state index in [0.717, 1.165) is 0 Å². The first-order valence-corrected chi connectivity index (χ1v) is 6.78. The van der Waals surface area contributed by atoms with Crippen LogP contribution in [0.25, 0.3) is 11.2 Å². The molecule has 19 heavy (non-hydrogen) atoms. The van der Waals surface area contributed by atoms with E-state index in [1.165, 1.54) is 6.33 Å². The Morgan fingerprint density at radius 2 is 2.32 bits per heavy atom. The highest BCUT2D eigenvalue weighted by molar-refractivity contribution is 14.1. The summed E-state index contributed by atoms with van der Waals surface area (Å²) in [7, 11) is 0. The average molecular weight is 377 g/mol. The molecule has 0 amide bonds. The van der Waals surface area contributed by atoms with Crippen molar-refractivity contribution in [2.45, 2.75) is 24.9 Å². The van der Waals surface area contributed by atoms with Crippen molar-refractivity contribution in [2.24, 2.45) is 0 Å². The van der Waals surface area contributed by atoms with Gasteiger partial charge in [0.25, 0.3) is 0 Å². The summed E-state index contributed by atoms with van der Waals surface area (Å²) in [5.74, 6) is 0.291. The number of nitrogen functional groups attached to an aromatic ring is 1. The number of rotatable bonds is 2. The standard InChI is InChI=1S/C10H12IN5O3/c11-10-14-7(12)6-8(15-10)16(3-13-6)9-5(18)1-4(2-17)19-9/h3-5,9,17-18H,1-2H2,(H2,12,14,15)/t4-,5-,9+/m0/s1. The fraction of sp³-hybridized carbons (Fsp3) is 0.500. The molecule has 2 aromatic rings. The summed E-state index contributed by atoms with van der Waals surface area (Å²) in [5, 5.41) is 19.1. The maximum Gasteiger partial charge on any atom is 0.194 e. The quantitative estimate of drug-likeness (QED) is 0.484. The van der Waals surface area contributed by atoms with Gasteiger partial charge in [-0.15, -0.1) is 0 Å². The molecular weight excluding hydrogens is 365 g/mol. The first-order chi connectivity index (χ1) is 9.10. The van der Waals surface area contributed by atoms with Crippen LogP contribution < -0.4 is 5.73 Å². The zero-order valence-electron chi connectivity index (χ0n) is 9.77. The molecule has 0 aliphatic carbocycles. The number of imidazole rings is 1. The average Bonchev–Trinajstić information content (AvgIpc) is 2.92. The van der Waals surface area contributed by atoms with Gasteiger partial charge in [0.15, 0.2) is 21.5 Å². The molecule has 3 rings (SSSR count). The van der Waals surface area contributed by atoms with E-state index in [1.54, 1.807) is 4.57 Å². The minimum atomic E-state index is -0.719. The predicted molar refractivity (Wildman–Crippen MR) is 74.1 cm³/mol. The third-order valence-electron chi connectivity index (χ3n) is 3.06. The minimum Gasteiger partial charge on any atom is -0.394 e. The van der Waals surface area contributed by atoms with Gasteiger partial charge < -0.3 is 20.7 Å². The Hall–Kier alpha value is -1.04. The third-order valence-corrected chi connectivity index (χ3v) is 3.55. The van der Waals surface area contributed by atoms with E-state index >= 15 is 0 Å². The molecule has 0 unspecified atom stereocenters. The molecule has 102 valence electrons. The lowest BCUT2D eigenvalue weighted by atomic mass is 10.2. The van der Waals surface area contributed by atoms with Crippen LogP contribution >= 0.6 is 22.6 Å². The lowest BCUT2D eigenvalue weighted by Crippen LogP contribution is -2.19. The Bertz CT molecular complexity index is 618. The van der Waals surface area contributed by atoms with Crippen LogP contribution in [-0.4, -0.2) is 48.5 Å². The summed E-state index contributed by atoms with van der Waals surface area (Å²) in [6.07, 6.45) is 0.170. The second-order valence-electron chi connectivity index (χ2n) is 4.34. The van der Waals surface area contributed by atoms with Gasteiger partial charge in [-0.3, -0.25) is 4.57 Å². The number of halogens is 1. The maximum atomic E-state index is 10.00. The summed E-state index contributed by atoms with van der Waals surface area (Å²) in [5.41, 5.74) is 6.77. The number of hydrogen-bond donors (Lipinski definition) is 3. The number of aliphatic hydroxyl groups is 2. The van der Waals surface area contributed by atoms with Crippen LogP contribution in [0.5, 0.6) is 0 Å². The van der Waals surface area contributed by atoms with Crippen molar-refractivity contribution in [3.63, 3.8) is 0 Å². The van der Waals surface area contributed by atoms with E-state index < -0.39 is 12.3 Å². The van der Waals surface area contributed by atoms with Gasteiger partial charge in [-0.1, -0.05) is 0 Å². The fourth-order valence-electron chi connectivity index (χ4n) is 2.19. The molecule has 0 aromatic carbocycles. The van der Waals surface area contributed by atoms with Crippen LogP contribution in [0, 0.1) is 3.83 Å². The summed E-state index contributed by atoms with van der Waals surface area (Å²) in [6.45, 7) is -0.130. The zero-order valence-corrected chi connectivity index (χ0v) is 11.9. The van der Waals surface area contributed by atoms with Gasteiger partial charge in [0.05, 0.1) is 19.0 Å². The molecule has 3 heterocycles. The number of fused-ring (bicyclic) bond motifs is 1. The van der Waals surface area contributed by atoms with Crippen LogP contribution in [0.2, 0.25) is 0 Å². The van der Waals surface area contributed by atoms with E-state index in [0.29, 0.717) is 27.2 Å². The van der Waals surface area contributed by atoms with Crippen molar-refractivity contribution in [3.8, 4) is 0 Å². The van der Waals surface area contributed by atoms with Gasteiger partial charge in [-0.05, 0) is 0 Å². The predicted octanol–water partition coefficient (Wildman–Crippen LogP) is -0.346. The molecule has 4 N–H and O–H groups in total. The number of aliphatic hydroxyl groups excluding tert-OH is 2. The summed E-state index contributed by atoms with van der Waals surface area (Å²) in [6, 6.07) is 0. The highest BCUT2D eigenvalue weighted by atomic mass is 127. The van der Waals surface area contributed by atoms with Crippen molar-refractivity contribution in [2.75, 3.05) is 12.3 Å². The molecule has 1 aliphatic rings. The molecule has 2 aromatic heterocycles. The summed E-state index contributed by atoms with van der Waals surface area (Å²) >= 11 is 1.96. The summed E-state index contributed by atoms with van der Waals surface area (Å²) in [4.78, 5) is 12.4. The molecule has 0 radical (unpaired) electrons. The van der Waals surface area contributed by atoms with Gasteiger partial charge in [0.1, 0.15) is 11.6 Å². The Morgan fingerprint density at radius 1 is 1.53 bits per heavy atom. The van der Waals surface area contributed by atoms with E-state index in [4.69, 9.17) is 15.6 Å². The molecule has 0 spiro atoms. The van der Waals surface area contributed by atoms with E-state index in [1.807, 2.05) is 22.6 Å². The Balaban J connectivity index is 2.06. The first-order valence-electron chi connectivity index (χ1n) is 5.70. The van der Waals surface area contributed by atoms with Gasteiger partial charge in [-0.25, -0.2) is 15.0 Å². The first kappa shape index (κ1) is 13.0. The number of aromatic nitrogens is 4. The molecule has 8 nitrogen and oxygen atoms in total. The minimum absolute atomic E-state index is 0.130. The van der Waals surface area contributed by atoms with E-state index in [9.17, 15) is 5.11 Å². The van der Waals surface area contributed by atoms with Crippen LogP contribution in [0.3, 0.4) is 0 Å². The van der Waals surface area contributed by atoms with Gasteiger partial charge in [0, 0.05) is 29.0 Å². The zero-order chi connectivity index (χ0) is 13.6. The van der Waals surface area contributed by atoms with Gasteiger partial charge in [0.2, 0.25) is 0 Å². The highest BCUT2D eigenvalue weighted by Gasteiger charge is 2.36. The molecule has 1 fully saturated rings. The maximum absolute atomic E-state index is 10.00. The number of anilines is 1. The van der Waals surface area contributed by atoms with Crippen molar-refractivity contribution in [1.29, 1.82) is 0 Å². The SMILES string of the molecule is Nc1nc(I)nc2c1ncn2[C@@H]1O[C@H](CO)C[C@@H]1O. The molecule has 1 aliphatic heterocycles. The number of ether oxygens (including phenoxy) is 1. The van der Waals surface area contributed by atoms with Gasteiger partial charge >= 0.3 is 0 Å². The highest BCUT2D eigenvalue weighted by Crippen LogP contribution is 2.31. The van der Waals surface area contributed by atoms with Crippen molar-refractivity contribution in [3.05, 3.63) is 10.2 Å². The van der Waals surface area contributed by atoms with Crippen molar-refractivity contribution >= 4 is 39.6 Å². The van der Waals surface area contributed by atoms with Crippen molar-refractivity contribution < 1.29 is 14.9 Å². The normalized spacial score (nSPS) is 27.2. The van der Waals surface area contributed by atoms with E-state index in [2.05, 4.69) is 15.0 Å². The smallest absolute Gasteiger partial charge is 0.194 e. The Kier molecular flexibility index (Phi) is 3.28. The number of nitrogens with two attached hydrogens (primary N) is 1. The van der Waals surface area contributed by atoms with E-state index in [-0.39, 0.29) is 12.7 Å². The van der Waals surface area contributed by atoms with Crippen LogP contribution in [0.1, 0.15) is 12.6 Å². The Morgan fingerprint density at radius 3 is 3.00 bits per heavy atom. The topological polar surface area (TPSA) is 119 Å². The largest absolute Gasteiger partial charge is 0.394 e. The lowest BCUT2D eigenvalue weighted by molar-refractivity contribution is -0.0487. The molecule has 9 heteroatoms. The van der Waals surface area contributed by atoms with Crippen LogP contribution in [0.15, 0.2) is 6.33 Å². The molecule has 0 bridgehead atoms. The number of hydrogen-bond acceptors (Lipinski definition) is 7. The molecule has 3 atom stereocenters. The molecular formula is C10H12IN5O3. The number of nitrogens with zero attached hydrogens (tertiary/aromatic N) is 4. The van der Waals surface area contributed by atoms with Crippen LogP contribution in [-0.2, 0) is 4.74 Å².